The summed E-state index contributed by atoms with van der Waals surface area (Å²) in [5.41, 5.74) is 5.95. The fourth-order valence-electron chi connectivity index (χ4n) is 2.08. The van der Waals surface area contributed by atoms with E-state index in [1.807, 2.05) is 29.9 Å². The quantitative estimate of drug-likeness (QED) is 0.344. The molecule has 0 bridgehead atoms. The van der Waals surface area contributed by atoms with E-state index < -0.39 is 0 Å². The Morgan fingerprint density at radius 1 is 1.22 bits per heavy atom. The van der Waals surface area contributed by atoms with Crippen molar-refractivity contribution in [1.82, 2.24) is 20.2 Å². The van der Waals surface area contributed by atoms with Crippen LogP contribution in [0.2, 0.25) is 0 Å². The van der Waals surface area contributed by atoms with Crippen molar-refractivity contribution < 1.29 is 4.79 Å². The van der Waals surface area contributed by atoms with E-state index >= 15 is 0 Å². The summed E-state index contributed by atoms with van der Waals surface area (Å²) in [6.45, 7) is 2.08. The number of nitrogens with zero attached hydrogens (tertiary/aromatic N) is 4. The largest absolute Gasteiger partial charge is 0.350 e. The van der Waals surface area contributed by atoms with E-state index in [1.165, 1.54) is 34.2 Å². The molecule has 0 aliphatic carbocycles. The van der Waals surface area contributed by atoms with Crippen molar-refractivity contribution in [3.8, 4) is 0 Å². The van der Waals surface area contributed by atoms with E-state index in [0.29, 0.717) is 0 Å². The minimum Gasteiger partial charge on any atom is -0.350 e. The Morgan fingerprint density at radius 3 is 2.67 bits per heavy atom. The number of benzene rings is 1. The van der Waals surface area contributed by atoms with E-state index in [4.69, 9.17) is 0 Å². The summed E-state index contributed by atoms with van der Waals surface area (Å²) in [6.07, 6.45) is 3.54. The first-order chi connectivity index (χ1) is 13.1. The molecule has 1 N–H and O–H groups in total. The molecule has 2 aromatic heterocycles. The Kier molecular flexibility index (Phi) is 7.08. The van der Waals surface area contributed by atoms with Gasteiger partial charge in [0.05, 0.1) is 17.7 Å². The first kappa shape index (κ1) is 19.7. The van der Waals surface area contributed by atoms with Crippen LogP contribution in [0, 0.1) is 6.92 Å². The van der Waals surface area contributed by atoms with Gasteiger partial charge >= 0.3 is 0 Å². The van der Waals surface area contributed by atoms with Crippen LogP contribution in [0.1, 0.15) is 16.8 Å². The average molecular weight is 418 g/mol. The van der Waals surface area contributed by atoms with Gasteiger partial charge in [-0.2, -0.15) is 5.10 Å². The molecule has 0 atom stereocenters. The molecule has 0 radical (unpaired) electrons. The Bertz CT molecular complexity index is 917. The molecule has 2 heterocycles. The zero-order valence-corrected chi connectivity index (χ0v) is 17.4. The number of carbonyl (C=O) groups excluding carboxylic acids is 1. The van der Waals surface area contributed by atoms with Gasteiger partial charge in [0.1, 0.15) is 0 Å². The molecule has 0 saturated carbocycles. The van der Waals surface area contributed by atoms with Crippen molar-refractivity contribution in [2.24, 2.45) is 12.1 Å². The van der Waals surface area contributed by atoms with Crippen LogP contribution < -0.4 is 5.43 Å². The first-order valence-corrected chi connectivity index (χ1v) is 11.0. The van der Waals surface area contributed by atoms with Crippen LogP contribution in [0.5, 0.6) is 0 Å². The number of nitrogens with one attached hydrogen (secondary N) is 1. The first-order valence-electron chi connectivity index (χ1n) is 8.18. The van der Waals surface area contributed by atoms with E-state index in [0.717, 1.165) is 20.1 Å². The summed E-state index contributed by atoms with van der Waals surface area (Å²) in [4.78, 5) is 11.9. The Balaban J connectivity index is 1.41. The summed E-state index contributed by atoms with van der Waals surface area (Å²) in [7, 11) is 1.92. The molecule has 0 fully saturated rings. The maximum atomic E-state index is 11.9. The van der Waals surface area contributed by atoms with Gasteiger partial charge in [-0.15, -0.1) is 10.2 Å². The third kappa shape index (κ3) is 6.23. The molecule has 3 rings (SSSR count). The van der Waals surface area contributed by atoms with E-state index in [9.17, 15) is 4.79 Å². The lowest BCUT2D eigenvalue weighted by Crippen LogP contribution is -2.19. The van der Waals surface area contributed by atoms with Crippen molar-refractivity contribution in [1.29, 1.82) is 0 Å². The number of hydrazone groups is 1. The van der Waals surface area contributed by atoms with Crippen molar-refractivity contribution in [3.05, 3.63) is 59.4 Å². The predicted octanol–water partition coefficient (Wildman–Crippen LogP) is 3.72. The number of amides is 1. The zero-order valence-electron chi connectivity index (χ0n) is 15.0. The molecule has 140 valence electrons. The van der Waals surface area contributed by atoms with Crippen LogP contribution in [0.3, 0.4) is 0 Å². The van der Waals surface area contributed by atoms with Crippen molar-refractivity contribution in [2.45, 2.75) is 21.4 Å². The Morgan fingerprint density at radius 2 is 1.96 bits per heavy atom. The summed E-state index contributed by atoms with van der Waals surface area (Å²) >= 11 is 4.52. The molecule has 0 saturated heterocycles. The normalized spacial score (nSPS) is 11.2. The second kappa shape index (κ2) is 9.72. The lowest BCUT2D eigenvalue weighted by atomic mass is 10.2. The lowest BCUT2D eigenvalue weighted by molar-refractivity contribution is -0.118. The molecule has 0 aliphatic rings. The monoisotopic (exact) mass is 417 g/mol. The molecule has 1 aromatic carbocycles. The van der Waals surface area contributed by atoms with E-state index in [1.54, 1.807) is 18.0 Å². The summed E-state index contributed by atoms with van der Waals surface area (Å²) < 4.78 is 3.60. The summed E-state index contributed by atoms with van der Waals surface area (Å²) in [5.74, 6) is 0.935. The average Bonchev–Trinajstić information content (AvgIpc) is 3.29. The smallest absolute Gasteiger partial charge is 0.250 e. The Labute approximate surface area is 170 Å². The van der Waals surface area contributed by atoms with Gasteiger partial charge in [-0.3, -0.25) is 4.79 Å². The molecule has 0 unspecified atom stereocenters. The number of thioether (sulfide) groups is 2. The molecule has 0 aliphatic heterocycles. The number of rotatable bonds is 8. The van der Waals surface area contributed by atoms with Crippen LogP contribution in [0.25, 0.3) is 0 Å². The van der Waals surface area contributed by atoms with Gasteiger partial charge in [-0.05, 0) is 24.6 Å². The van der Waals surface area contributed by atoms with Crippen LogP contribution in [0.15, 0.2) is 56.4 Å². The maximum absolute atomic E-state index is 11.9. The fourth-order valence-corrected chi connectivity index (χ4v) is 4.85. The molecule has 27 heavy (non-hydrogen) atoms. The van der Waals surface area contributed by atoms with Crippen LogP contribution >= 0.6 is 34.9 Å². The number of carbonyl (C=O) groups is 1. The van der Waals surface area contributed by atoms with Gasteiger partial charge in [-0.1, -0.05) is 64.7 Å². The van der Waals surface area contributed by atoms with Crippen molar-refractivity contribution >= 4 is 47.0 Å². The highest BCUT2D eigenvalue weighted by molar-refractivity contribution is 8.03. The second-order valence-corrected chi connectivity index (χ2v) is 9.16. The zero-order chi connectivity index (χ0) is 19.1. The molecular weight excluding hydrogens is 398 g/mol. The fraction of sp³-hybridized carbons (Fsp3) is 0.222. The summed E-state index contributed by atoms with van der Waals surface area (Å²) in [5, 5.41) is 12.3. The highest BCUT2D eigenvalue weighted by atomic mass is 32.2. The Hall–Kier alpha value is -2.10. The standard InChI is InChI=1S/C18H19N5OS3/c1-13-5-7-14(8-6-13)11-25-17-21-22-18(27-17)26-12-16(24)20-19-10-15-4-3-9-23(15)2/h3-10H,11-12H2,1-2H3,(H,20,24). The van der Waals surface area contributed by atoms with E-state index in [2.05, 4.69) is 51.9 Å². The second-order valence-electron chi connectivity index (χ2n) is 5.73. The van der Waals surface area contributed by atoms with Gasteiger partial charge in [0.25, 0.3) is 5.91 Å². The topological polar surface area (TPSA) is 72.2 Å². The van der Waals surface area contributed by atoms with Gasteiger partial charge in [-0.25, -0.2) is 5.43 Å². The molecular formula is C18H19N5OS3. The summed E-state index contributed by atoms with van der Waals surface area (Å²) in [6, 6.07) is 12.3. The number of aryl methyl sites for hydroxylation is 2. The molecule has 9 heteroatoms. The maximum Gasteiger partial charge on any atom is 0.250 e. The molecule has 0 spiro atoms. The van der Waals surface area contributed by atoms with Crippen molar-refractivity contribution in [3.63, 3.8) is 0 Å². The van der Waals surface area contributed by atoms with Crippen LogP contribution in [-0.4, -0.2) is 32.6 Å². The van der Waals surface area contributed by atoms with Crippen LogP contribution in [-0.2, 0) is 17.6 Å². The van der Waals surface area contributed by atoms with Gasteiger partial charge < -0.3 is 4.57 Å². The highest BCUT2D eigenvalue weighted by Gasteiger charge is 2.08. The van der Waals surface area contributed by atoms with E-state index in [-0.39, 0.29) is 11.7 Å². The molecule has 3 aromatic rings. The lowest BCUT2D eigenvalue weighted by Gasteiger charge is -1.99. The van der Waals surface area contributed by atoms with Gasteiger partial charge in [0, 0.05) is 19.0 Å². The number of hydrogen-bond donors (Lipinski definition) is 1. The minimum absolute atomic E-state index is 0.172. The van der Waals surface area contributed by atoms with Crippen molar-refractivity contribution in [2.75, 3.05) is 5.75 Å². The minimum atomic E-state index is -0.172. The van der Waals surface area contributed by atoms with Gasteiger partial charge in [0.2, 0.25) is 0 Å². The predicted molar refractivity (Wildman–Crippen MR) is 113 cm³/mol. The van der Waals surface area contributed by atoms with Crippen LogP contribution in [0.4, 0.5) is 0 Å². The third-order valence-electron chi connectivity index (χ3n) is 3.57. The SMILES string of the molecule is Cc1ccc(CSc2nnc(SCC(=O)NN=Cc3cccn3C)s2)cc1. The van der Waals surface area contributed by atoms with Gasteiger partial charge in [0.15, 0.2) is 8.68 Å². The third-order valence-corrected chi connectivity index (χ3v) is 6.83. The number of aromatic nitrogens is 3. The highest BCUT2D eigenvalue weighted by Crippen LogP contribution is 2.30. The number of hydrogen-bond acceptors (Lipinski definition) is 7. The molecule has 1 amide bonds. The molecule has 6 nitrogen and oxygen atoms in total.